The summed E-state index contributed by atoms with van der Waals surface area (Å²) in [6, 6.07) is 3.82. The lowest BCUT2D eigenvalue weighted by molar-refractivity contribution is 0.544. The van der Waals surface area contributed by atoms with Gasteiger partial charge in [-0.1, -0.05) is 38.9 Å². The lowest BCUT2D eigenvalue weighted by atomic mass is 10.1. The van der Waals surface area contributed by atoms with Crippen LogP contribution in [0.15, 0.2) is 12.1 Å². The van der Waals surface area contributed by atoms with Crippen molar-refractivity contribution in [3.05, 3.63) is 23.4 Å². The van der Waals surface area contributed by atoms with Crippen molar-refractivity contribution < 1.29 is 0 Å². The number of nitrogens with two attached hydrogens (primary N) is 1. The summed E-state index contributed by atoms with van der Waals surface area (Å²) in [4.78, 5) is 4.84. The van der Waals surface area contributed by atoms with Crippen molar-refractivity contribution in [2.45, 2.75) is 40.0 Å². The minimum absolute atomic E-state index is 0.420. The van der Waals surface area contributed by atoms with E-state index in [-0.39, 0.29) is 0 Å². The Morgan fingerprint density at radius 3 is 2.72 bits per heavy atom. The molecule has 1 aromatic rings. The molecule has 0 spiro atoms. The third-order valence-corrected chi connectivity index (χ3v) is 2.99. The Morgan fingerprint density at radius 2 is 2.11 bits per heavy atom. The molecular formula is C14H23N3S. The van der Waals surface area contributed by atoms with E-state index in [4.69, 9.17) is 18.0 Å². The van der Waals surface area contributed by atoms with Crippen molar-refractivity contribution in [1.29, 1.82) is 0 Å². The van der Waals surface area contributed by atoms with Gasteiger partial charge in [-0.3, -0.25) is 0 Å². The highest BCUT2D eigenvalue weighted by atomic mass is 32.1. The Balaban J connectivity index is 2.44. The van der Waals surface area contributed by atoms with Gasteiger partial charge in [0.15, 0.2) is 0 Å². The first-order chi connectivity index (χ1) is 8.49. The van der Waals surface area contributed by atoms with Crippen LogP contribution in [0.1, 0.15) is 44.4 Å². The summed E-state index contributed by atoms with van der Waals surface area (Å²) in [7, 11) is 0. The molecule has 0 aliphatic carbocycles. The summed E-state index contributed by atoms with van der Waals surface area (Å²) in [6.07, 6.45) is 3.69. The molecule has 4 heteroatoms. The van der Waals surface area contributed by atoms with E-state index in [1.54, 1.807) is 0 Å². The number of anilines is 1. The molecule has 0 saturated heterocycles. The van der Waals surface area contributed by atoms with Gasteiger partial charge in [0.1, 0.15) is 10.8 Å². The molecule has 0 radical (unpaired) electrons. The highest BCUT2D eigenvalue weighted by molar-refractivity contribution is 7.80. The number of aromatic nitrogens is 1. The van der Waals surface area contributed by atoms with Crippen LogP contribution in [-0.2, 0) is 0 Å². The van der Waals surface area contributed by atoms with E-state index in [9.17, 15) is 0 Å². The molecule has 0 aliphatic rings. The van der Waals surface area contributed by atoms with Crippen molar-refractivity contribution in [1.82, 2.24) is 4.98 Å². The molecule has 3 N–H and O–H groups in total. The summed E-state index contributed by atoms with van der Waals surface area (Å²) in [5, 5.41) is 3.33. The first-order valence-corrected chi connectivity index (χ1v) is 6.92. The molecule has 1 aromatic heterocycles. The summed E-state index contributed by atoms with van der Waals surface area (Å²) >= 11 is 4.99. The Hall–Kier alpha value is -1.16. The predicted octanol–water partition coefficient (Wildman–Crippen LogP) is 3.26. The quantitative estimate of drug-likeness (QED) is 0.587. The molecule has 0 amide bonds. The second kappa shape index (κ2) is 7.31. The predicted molar refractivity (Wildman–Crippen MR) is 82.0 cm³/mol. The van der Waals surface area contributed by atoms with Crippen LogP contribution >= 0.6 is 12.2 Å². The number of hydrogen-bond donors (Lipinski definition) is 2. The summed E-state index contributed by atoms with van der Waals surface area (Å²) < 4.78 is 0. The van der Waals surface area contributed by atoms with Crippen LogP contribution in [-0.4, -0.2) is 16.5 Å². The van der Waals surface area contributed by atoms with E-state index in [0.717, 1.165) is 36.0 Å². The van der Waals surface area contributed by atoms with E-state index in [2.05, 4.69) is 24.1 Å². The monoisotopic (exact) mass is 265 g/mol. The molecule has 100 valence electrons. The third-order valence-electron chi connectivity index (χ3n) is 2.75. The van der Waals surface area contributed by atoms with Crippen LogP contribution < -0.4 is 11.1 Å². The first-order valence-electron chi connectivity index (χ1n) is 6.51. The van der Waals surface area contributed by atoms with Gasteiger partial charge >= 0.3 is 0 Å². The second-order valence-corrected chi connectivity index (χ2v) is 5.50. The highest BCUT2D eigenvalue weighted by Crippen LogP contribution is 2.11. The van der Waals surface area contributed by atoms with Gasteiger partial charge in [-0.2, -0.15) is 0 Å². The fourth-order valence-electron chi connectivity index (χ4n) is 1.80. The molecule has 0 unspecified atom stereocenters. The Labute approximate surface area is 115 Å². The molecule has 18 heavy (non-hydrogen) atoms. The van der Waals surface area contributed by atoms with Crippen molar-refractivity contribution >= 4 is 23.0 Å². The van der Waals surface area contributed by atoms with Gasteiger partial charge in [0.2, 0.25) is 0 Å². The van der Waals surface area contributed by atoms with Crippen molar-refractivity contribution in [3.8, 4) is 0 Å². The van der Waals surface area contributed by atoms with Gasteiger partial charge in [-0.25, -0.2) is 4.98 Å². The second-order valence-electron chi connectivity index (χ2n) is 5.06. The molecule has 1 heterocycles. The van der Waals surface area contributed by atoms with Crippen molar-refractivity contribution in [3.63, 3.8) is 0 Å². The lowest BCUT2D eigenvalue weighted by Gasteiger charge is -2.09. The molecule has 0 saturated carbocycles. The number of rotatable bonds is 7. The van der Waals surface area contributed by atoms with Gasteiger partial charge in [0, 0.05) is 17.8 Å². The molecular weight excluding hydrogens is 242 g/mol. The standard InChI is InChI=1S/C14H23N3S/c1-10(2)6-4-5-7-16-13-9-12(14(15)18)8-11(3)17-13/h8-10H,4-7H2,1-3H3,(H2,15,18)(H,16,17). The zero-order valence-corrected chi connectivity index (χ0v) is 12.3. The van der Waals surface area contributed by atoms with Gasteiger partial charge in [-0.15, -0.1) is 0 Å². The Bertz CT molecular complexity index is 402. The van der Waals surface area contributed by atoms with Gasteiger partial charge in [-0.05, 0) is 31.4 Å². The van der Waals surface area contributed by atoms with Gasteiger partial charge in [0.05, 0.1) is 0 Å². The van der Waals surface area contributed by atoms with Crippen molar-refractivity contribution in [2.24, 2.45) is 11.7 Å². The molecule has 0 atom stereocenters. The lowest BCUT2D eigenvalue weighted by Crippen LogP contribution is -2.12. The van der Waals surface area contributed by atoms with Crippen LogP contribution in [0.2, 0.25) is 0 Å². The maximum atomic E-state index is 5.64. The average molecular weight is 265 g/mol. The Morgan fingerprint density at radius 1 is 1.39 bits per heavy atom. The van der Waals surface area contributed by atoms with E-state index in [0.29, 0.717) is 4.99 Å². The molecule has 1 rings (SSSR count). The van der Waals surface area contributed by atoms with Crippen LogP contribution in [0.25, 0.3) is 0 Å². The summed E-state index contributed by atoms with van der Waals surface area (Å²) in [6.45, 7) is 7.40. The van der Waals surface area contributed by atoms with E-state index in [1.165, 1.54) is 12.8 Å². The fourth-order valence-corrected chi connectivity index (χ4v) is 1.91. The molecule has 0 aliphatic heterocycles. The Kier molecular flexibility index (Phi) is 6.05. The maximum absolute atomic E-state index is 5.64. The topological polar surface area (TPSA) is 50.9 Å². The molecule has 0 fully saturated rings. The van der Waals surface area contributed by atoms with Crippen LogP contribution in [0.5, 0.6) is 0 Å². The number of nitrogens with one attached hydrogen (secondary N) is 1. The fraction of sp³-hybridized carbons (Fsp3) is 0.571. The minimum Gasteiger partial charge on any atom is -0.389 e. The zero-order valence-electron chi connectivity index (χ0n) is 11.5. The number of aryl methyl sites for hydroxylation is 1. The SMILES string of the molecule is Cc1cc(C(N)=S)cc(NCCCCC(C)C)n1. The number of hydrogen-bond acceptors (Lipinski definition) is 3. The largest absolute Gasteiger partial charge is 0.389 e. The zero-order chi connectivity index (χ0) is 13.5. The molecule has 0 aromatic carbocycles. The molecule has 0 bridgehead atoms. The normalized spacial score (nSPS) is 10.7. The van der Waals surface area contributed by atoms with Gasteiger partial charge < -0.3 is 11.1 Å². The summed E-state index contributed by atoms with van der Waals surface area (Å²) in [5.41, 5.74) is 7.45. The van der Waals surface area contributed by atoms with Crippen LogP contribution in [0.3, 0.4) is 0 Å². The number of pyridine rings is 1. The summed E-state index contributed by atoms with van der Waals surface area (Å²) in [5.74, 6) is 1.64. The smallest absolute Gasteiger partial charge is 0.126 e. The van der Waals surface area contributed by atoms with E-state index < -0.39 is 0 Å². The third kappa shape index (κ3) is 5.45. The van der Waals surface area contributed by atoms with Crippen LogP contribution in [0, 0.1) is 12.8 Å². The number of nitrogens with zero attached hydrogens (tertiary/aromatic N) is 1. The molecule has 3 nitrogen and oxygen atoms in total. The number of thiocarbonyl (C=S) groups is 1. The van der Waals surface area contributed by atoms with Crippen molar-refractivity contribution in [2.75, 3.05) is 11.9 Å². The van der Waals surface area contributed by atoms with E-state index >= 15 is 0 Å². The average Bonchev–Trinajstić information content (AvgIpc) is 2.27. The van der Waals surface area contributed by atoms with E-state index in [1.807, 2.05) is 19.1 Å². The van der Waals surface area contributed by atoms with Gasteiger partial charge in [0.25, 0.3) is 0 Å². The highest BCUT2D eigenvalue weighted by Gasteiger charge is 2.02. The first kappa shape index (κ1) is 14.9. The van der Waals surface area contributed by atoms with Crippen LogP contribution in [0.4, 0.5) is 5.82 Å². The number of unbranched alkanes of at least 4 members (excludes halogenated alkanes) is 1. The maximum Gasteiger partial charge on any atom is 0.126 e. The minimum atomic E-state index is 0.420.